The number of allylic oxidation sites excluding steroid dienone is 3. The van der Waals surface area contributed by atoms with Crippen molar-refractivity contribution < 1.29 is 29.3 Å². The molecule has 3 rings (SSSR count). The molecule has 138 valence electrons. The van der Waals surface area contributed by atoms with Gasteiger partial charge in [0.1, 0.15) is 28.8 Å². The summed E-state index contributed by atoms with van der Waals surface area (Å²) in [5.41, 5.74) is 1.65. The smallest absolute Gasteiger partial charge is 0.322 e. The lowest BCUT2D eigenvalue weighted by molar-refractivity contribution is -0.135. The van der Waals surface area contributed by atoms with Crippen LogP contribution in [0.1, 0.15) is 12.0 Å². The van der Waals surface area contributed by atoms with Crippen LogP contribution in [0.2, 0.25) is 5.02 Å². The van der Waals surface area contributed by atoms with E-state index in [2.05, 4.69) is 5.32 Å². The van der Waals surface area contributed by atoms with Crippen molar-refractivity contribution in [2.75, 3.05) is 20.8 Å². The van der Waals surface area contributed by atoms with Gasteiger partial charge in [0.25, 0.3) is 0 Å². The van der Waals surface area contributed by atoms with E-state index in [1.165, 1.54) is 20.3 Å². The Balaban J connectivity index is 2.02. The molecule has 1 aromatic rings. The summed E-state index contributed by atoms with van der Waals surface area (Å²) >= 11 is 6.17. The van der Waals surface area contributed by atoms with Gasteiger partial charge in [-0.2, -0.15) is 0 Å². The predicted molar refractivity (Wildman–Crippen MR) is 94.5 cm³/mol. The van der Waals surface area contributed by atoms with Gasteiger partial charge in [-0.25, -0.2) is 0 Å². The number of carboxylic acid groups (broad SMARTS) is 1. The van der Waals surface area contributed by atoms with E-state index >= 15 is 0 Å². The second-order valence-corrected chi connectivity index (χ2v) is 6.48. The predicted octanol–water partition coefficient (Wildman–Crippen LogP) is 2.22. The van der Waals surface area contributed by atoms with E-state index in [4.69, 9.17) is 26.2 Å². The first kappa shape index (κ1) is 18.1. The van der Waals surface area contributed by atoms with Crippen molar-refractivity contribution in [3.63, 3.8) is 0 Å². The van der Waals surface area contributed by atoms with Gasteiger partial charge in [-0.1, -0.05) is 17.7 Å². The highest BCUT2D eigenvalue weighted by atomic mass is 35.5. The van der Waals surface area contributed by atoms with E-state index in [0.717, 1.165) is 5.57 Å². The Bertz CT molecular complexity index is 845. The molecular formula is C18H18ClNO6. The number of hydrogen-bond acceptors (Lipinski definition) is 6. The number of carboxylic acids is 1. The molecule has 2 aliphatic carbocycles. The average molecular weight is 380 g/mol. The van der Waals surface area contributed by atoms with Crippen LogP contribution >= 0.6 is 11.6 Å². The lowest BCUT2D eigenvalue weighted by atomic mass is 9.65. The summed E-state index contributed by atoms with van der Waals surface area (Å²) in [5.74, 6) is -0.929. The maximum absolute atomic E-state index is 11.9. The van der Waals surface area contributed by atoms with Gasteiger partial charge in [-0.3, -0.25) is 9.59 Å². The third kappa shape index (κ3) is 2.99. The van der Waals surface area contributed by atoms with E-state index in [0.29, 0.717) is 23.4 Å². The van der Waals surface area contributed by atoms with Crippen molar-refractivity contribution in [2.24, 2.45) is 11.8 Å². The van der Waals surface area contributed by atoms with E-state index in [9.17, 15) is 14.7 Å². The number of phenols is 1. The number of benzene rings is 1. The minimum Gasteiger partial charge on any atom is -0.505 e. The van der Waals surface area contributed by atoms with Gasteiger partial charge in [-0.05, 0) is 11.5 Å². The molecule has 0 aromatic heterocycles. The SMILES string of the molecule is COc1cc(OC)c(C2=C[C@@H]3CC(=O)C=C(NCC(=O)O)C23)c(O)c1Cl. The molecule has 1 unspecified atom stereocenters. The third-order valence-electron chi connectivity index (χ3n) is 4.59. The van der Waals surface area contributed by atoms with Gasteiger partial charge in [0.15, 0.2) is 5.78 Å². The number of phenolic OH excluding ortho intramolecular Hbond substituents is 1. The highest BCUT2D eigenvalue weighted by molar-refractivity contribution is 6.34. The summed E-state index contributed by atoms with van der Waals surface area (Å²) in [6, 6.07) is 1.58. The number of halogens is 1. The Kier molecular flexibility index (Phi) is 4.82. The van der Waals surface area contributed by atoms with Gasteiger partial charge in [-0.15, -0.1) is 0 Å². The topological polar surface area (TPSA) is 105 Å². The molecule has 0 bridgehead atoms. The van der Waals surface area contributed by atoms with E-state index in [1.807, 2.05) is 6.08 Å². The molecule has 0 aliphatic heterocycles. The molecule has 0 heterocycles. The van der Waals surface area contributed by atoms with Crippen LogP contribution in [0.5, 0.6) is 17.2 Å². The van der Waals surface area contributed by atoms with Crippen LogP contribution in [-0.4, -0.2) is 42.7 Å². The summed E-state index contributed by atoms with van der Waals surface area (Å²) in [6.45, 7) is -0.303. The van der Waals surface area contributed by atoms with Crippen molar-refractivity contribution in [3.05, 3.63) is 34.5 Å². The number of rotatable bonds is 6. The Hall–Kier alpha value is -2.67. The van der Waals surface area contributed by atoms with Crippen molar-refractivity contribution in [2.45, 2.75) is 6.42 Å². The highest BCUT2D eigenvalue weighted by Crippen LogP contribution is 2.54. The zero-order valence-electron chi connectivity index (χ0n) is 14.2. The third-order valence-corrected chi connectivity index (χ3v) is 4.95. The maximum atomic E-state index is 11.9. The Morgan fingerprint density at radius 1 is 1.35 bits per heavy atom. The van der Waals surface area contributed by atoms with Gasteiger partial charge >= 0.3 is 5.97 Å². The van der Waals surface area contributed by atoms with Crippen LogP contribution < -0.4 is 14.8 Å². The molecule has 0 radical (unpaired) electrons. The Morgan fingerprint density at radius 3 is 2.65 bits per heavy atom. The quantitative estimate of drug-likeness (QED) is 0.696. The second kappa shape index (κ2) is 6.92. The molecule has 0 amide bonds. The minimum atomic E-state index is -1.03. The number of hydrogen-bond donors (Lipinski definition) is 3. The van der Waals surface area contributed by atoms with E-state index < -0.39 is 5.97 Å². The summed E-state index contributed by atoms with van der Waals surface area (Å²) in [5, 5.41) is 22.3. The largest absolute Gasteiger partial charge is 0.505 e. The summed E-state index contributed by atoms with van der Waals surface area (Å²) in [7, 11) is 2.90. The molecule has 0 saturated heterocycles. The molecule has 1 aromatic carbocycles. The highest BCUT2D eigenvalue weighted by Gasteiger charge is 2.42. The first-order valence-electron chi connectivity index (χ1n) is 7.93. The molecule has 3 N–H and O–H groups in total. The lowest BCUT2D eigenvalue weighted by Gasteiger charge is -2.41. The minimum absolute atomic E-state index is 0.0589. The second-order valence-electron chi connectivity index (χ2n) is 6.10. The number of carbonyl (C=O) groups is 2. The molecular weight excluding hydrogens is 362 g/mol. The van der Waals surface area contributed by atoms with Crippen molar-refractivity contribution in [1.82, 2.24) is 5.32 Å². The number of ketones is 1. The van der Waals surface area contributed by atoms with Gasteiger partial charge in [0.05, 0.1) is 19.8 Å². The van der Waals surface area contributed by atoms with Crippen LogP contribution in [0.3, 0.4) is 0 Å². The number of ether oxygens (including phenoxy) is 2. The van der Waals surface area contributed by atoms with E-state index in [-0.39, 0.29) is 40.7 Å². The Labute approximate surface area is 154 Å². The zero-order valence-corrected chi connectivity index (χ0v) is 15.0. The molecule has 7 nitrogen and oxygen atoms in total. The Morgan fingerprint density at radius 2 is 2.04 bits per heavy atom. The molecule has 0 fully saturated rings. The number of fused-ring (bicyclic) bond motifs is 1. The number of aromatic hydroxyl groups is 1. The molecule has 26 heavy (non-hydrogen) atoms. The number of nitrogens with one attached hydrogen (secondary N) is 1. The number of methoxy groups -OCH3 is 2. The molecule has 0 saturated carbocycles. The average Bonchev–Trinajstić information content (AvgIpc) is 2.58. The van der Waals surface area contributed by atoms with Crippen molar-refractivity contribution >= 4 is 28.9 Å². The fourth-order valence-corrected chi connectivity index (χ4v) is 3.66. The number of aliphatic carboxylic acids is 1. The van der Waals surface area contributed by atoms with E-state index in [1.54, 1.807) is 6.07 Å². The zero-order chi connectivity index (χ0) is 19.0. The standard InChI is InChI=1S/C18H18ClNO6/c1-25-12-6-13(26-2)17(19)18(24)16(12)10-4-8-3-9(21)5-11(15(8)10)20-7-14(22)23/h4-6,8,15,20,24H,3,7H2,1-2H3,(H,22,23)/t8-,15?/m0/s1. The summed E-state index contributed by atoms with van der Waals surface area (Å²) in [4.78, 5) is 22.7. The summed E-state index contributed by atoms with van der Waals surface area (Å²) in [6.07, 6.45) is 3.63. The normalized spacial score (nSPS) is 21.1. The monoisotopic (exact) mass is 379 g/mol. The molecule has 2 atom stereocenters. The first-order valence-corrected chi connectivity index (χ1v) is 8.30. The van der Waals surface area contributed by atoms with Gasteiger partial charge < -0.3 is 25.0 Å². The lowest BCUT2D eigenvalue weighted by Crippen LogP contribution is -2.38. The van der Waals surface area contributed by atoms with Crippen LogP contribution in [0, 0.1) is 11.8 Å². The van der Waals surface area contributed by atoms with Crippen LogP contribution in [0.25, 0.3) is 5.57 Å². The maximum Gasteiger partial charge on any atom is 0.322 e. The van der Waals surface area contributed by atoms with Crippen LogP contribution in [0.15, 0.2) is 23.9 Å². The van der Waals surface area contributed by atoms with Crippen molar-refractivity contribution in [1.29, 1.82) is 0 Å². The summed E-state index contributed by atoms with van der Waals surface area (Å²) < 4.78 is 10.5. The fourth-order valence-electron chi connectivity index (χ4n) is 3.44. The first-order chi connectivity index (χ1) is 12.4. The van der Waals surface area contributed by atoms with Crippen LogP contribution in [0.4, 0.5) is 0 Å². The van der Waals surface area contributed by atoms with Gasteiger partial charge in [0.2, 0.25) is 0 Å². The van der Waals surface area contributed by atoms with Gasteiger partial charge in [0, 0.05) is 30.2 Å². The molecule has 0 spiro atoms. The molecule has 2 aliphatic rings. The van der Waals surface area contributed by atoms with Crippen LogP contribution in [-0.2, 0) is 9.59 Å². The fraction of sp³-hybridized carbons (Fsp3) is 0.333. The number of carbonyl (C=O) groups excluding carboxylic acids is 1. The molecule has 8 heteroatoms. The van der Waals surface area contributed by atoms with Crippen molar-refractivity contribution in [3.8, 4) is 17.2 Å².